The molecule has 0 unspecified atom stereocenters. The molecule has 88 valence electrons. The van der Waals surface area contributed by atoms with Gasteiger partial charge in [0, 0.05) is 19.8 Å². The molecule has 0 bridgehead atoms. The lowest BCUT2D eigenvalue weighted by molar-refractivity contribution is 0.361. The van der Waals surface area contributed by atoms with Crippen molar-refractivity contribution in [3.8, 4) is 0 Å². The molecule has 0 aliphatic heterocycles. The maximum atomic E-state index is 5.58. The van der Waals surface area contributed by atoms with Crippen LogP contribution in [0.3, 0.4) is 0 Å². The standard InChI is InChI=1S/C12H20N4/c1-16(9-10-5-3-2-4-6-10)11-7-8-14-12(13)15-11/h7-8,10H,2-6,9H2,1H3,(H2,13,14,15). The molecule has 1 saturated carbocycles. The minimum absolute atomic E-state index is 0.355. The third-order valence-electron chi connectivity index (χ3n) is 3.31. The van der Waals surface area contributed by atoms with E-state index < -0.39 is 0 Å². The van der Waals surface area contributed by atoms with Gasteiger partial charge in [-0.05, 0) is 24.8 Å². The fourth-order valence-corrected chi connectivity index (χ4v) is 2.43. The zero-order valence-electron chi connectivity index (χ0n) is 9.89. The van der Waals surface area contributed by atoms with Gasteiger partial charge in [-0.3, -0.25) is 0 Å². The third kappa shape index (κ3) is 2.84. The van der Waals surface area contributed by atoms with Crippen LogP contribution in [-0.2, 0) is 0 Å². The second-order valence-electron chi connectivity index (χ2n) is 4.66. The lowest BCUT2D eigenvalue weighted by Crippen LogP contribution is -2.27. The molecule has 0 atom stereocenters. The van der Waals surface area contributed by atoms with Gasteiger partial charge in [0.1, 0.15) is 5.82 Å². The average molecular weight is 220 g/mol. The largest absolute Gasteiger partial charge is 0.368 e. The fraction of sp³-hybridized carbons (Fsp3) is 0.667. The summed E-state index contributed by atoms with van der Waals surface area (Å²) < 4.78 is 0. The summed E-state index contributed by atoms with van der Waals surface area (Å²) in [6, 6.07) is 1.92. The molecule has 0 saturated heterocycles. The molecule has 1 aromatic rings. The molecule has 1 aliphatic rings. The molecule has 1 heterocycles. The van der Waals surface area contributed by atoms with E-state index in [1.807, 2.05) is 6.07 Å². The molecule has 16 heavy (non-hydrogen) atoms. The van der Waals surface area contributed by atoms with E-state index in [9.17, 15) is 0 Å². The van der Waals surface area contributed by atoms with Gasteiger partial charge in [-0.25, -0.2) is 4.98 Å². The second-order valence-corrected chi connectivity index (χ2v) is 4.66. The molecule has 2 rings (SSSR count). The minimum atomic E-state index is 0.355. The van der Waals surface area contributed by atoms with Crippen molar-refractivity contribution in [2.24, 2.45) is 5.92 Å². The van der Waals surface area contributed by atoms with Crippen molar-refractivity contribution >= 4 is 11.8 Å². The number of hydrogen-bond acceptors (Lipinski definition) is 4. The number of anilines is 2. The van der Waals surface area contributed by atoms with E-state index >= 15 is 0 Å². The summed E-state index contributed by atoms with van der Waals surface area (Å²) in [4.78, 5) is 10.3. The van der Waals surface area contributed by atoms with Crippen LogP contribution in [0.15, 0.2) is 12.3 Å². The van der Waals surface area contributed by atoms with Gasteiger partial charge in [0.15, 0.2) is 0 Å². The quantitative estimate of drug-likeness (QED) is 0.847. The zero-order chi connectivity index (χ0) is 11.4. The number of nitrogens with two attached hydrogens (primary N) is 1. The monoisotopic (exact) mass is 220 g/mol. The van der Waals surface area contributed by atoms with Crippen molar-refractivity contribution in [1.82, 2.24) is 9.97 Å². The Morgan fingerprint density at radius 1 is 1.38 bits per heavy atom. The molecule has 1 aliphatic carbocycles. The Hall–Kier alpha value is -1.32. The summed E-state index contributed by atoms with van der Waals surface area (Å²) in [7, 11) is 2.08. The Balaban J connectivity index is 1.94. The van der Waals surface area contributed by atoms with Crippen molar-refractivity contribution in [1.29, 1.82) is 0 Å². The van der Waals surface area contributed by atoms with E-state index in [0.717, 1.165) is 18.3 Å². The maximum absolute atomic E-state index is 5.58. The Morgan fingerprint density at radius 2 is 2.12 bits per heavy atom. The van der Waals surface area contributed by atoms with E-state index in [1.165, 1.54) is 32.1 Å². The highest BCUT2D eigenvalue weighted by Gasteiger charge is 2.16. The van der Waals surface area contributed by atoms with Gasteiger partial charge in [0.05, 0.1) is 0 Å². The Bertz CT molecular complexity index is 334. The first-order valence-corrected chi connectivity index (χ1v) is 6.05. The summed E-state index contributed by atoms with van der Waals surface area (Å²) in [5, 5.41) is 0. The van der Waals surface area contributed by atoms with Crippen LogP contribution in [-0.4, -0.2) is 23.6 Å². The van der Waals surface area contributed by atoms with Crippen molar-refractivity contribution in [2.75, 3.05) is 24.2 Å². The van der Waals surface area contributed by atoms with Crippen molar-refractivity contribution < 1.29 is 0 Å². The maximum Gasteiger partial charge on any atom is 0.221 e. The topological polar surface area (TPSA) is 55.0 Å². The minimum Gasteiger partial charge on any atom is -0.368 e. The van der Waals surface area contributed by atoms with Crippen LogP contribution in [0, 0.1) is 5.92 Å². The van der Waals surface area contributed by atoms with E-state index in [-0.39, 0.29) is 0 Å². The van der Waals surface area contributed by atoms with Gasteiger partial charge < -0.3 is 10.6 Å². The average Bonchev–Trinajstić information content (AvgIpc) is 2.30. The summed E-state index contributed by atoms with van der Waals surface area (Å²) in [5.74, 6) is 2.10. The lowest BCUT2D eigenvalue weighted by Gasteiger charge is -2.27. The molecule has 4 heteroatoms. The van der Waals surface area contributed by atoms with Crippen LogP contribution >= 0.6 is 0 Å². The molecule has 0 radical (unpaired) electrons. The first-order chi connectivity index (χ1) is 7.75. The highest BCUT2D eigenvalue weighted by atomic mass is 15.2. The van der Waals surface area contributed by atoms with Crippen LogP contribution in [0.4, 0.5) is 11.8 Å². The van der Waals surface area contributed by atoms with Gasteiger partial charge in [0.2, 0.25) is 5.95 Å². The van der Waals surface area contributed by atoms with Crippen molar-refractivity contribution in [3.63, 3.8) is 0 Å². The number of nitrogens with zero attached hydrogens (tertiary/aromatic N) is 3. The summed E-state index contributed by atoms with van der Waals surface area (Å²) >= 11 is 0. The first-order valence-electron chi connectivity index (χ1n) is 6.05. The second kappa shape index (κ2) is 5.14. The molecule has 2 N–H and O–H groups in total. The molecule has 1 fully saturated rings. The van der Waals surface area contributed by atoms with Crippen LogP contribution < -0.4 is 10.6 Å². The van der Waals surface area contributed by atoms with Gasteiger partial charge >= 0.3 is 0 Å². The third-order valence-corrected chi connectivity index (χ3v) is 3.31. The van der Waals surface area contributed by atoms with Gasteiger partial charge in [-0.2, -0.15) is 4.98 Å². The molecule has 0 spiro atoms. The number of nitrogen functional groups attached to an aromatic ring is 1. The smallest absolute Gasteiger partial charge is 0.221 e. The molecule has 4 nitrogen and oxygen atoms in total. The van der Waals surface area contributed by atoms with Crippen LogP contribution in [0.2, 0.25) is 0 Å². The molecule has 0 amide bonds. The normalized spacial score (nSPS) is 17.3. The number of hydrogen-bond donors (Lipinski definition) is 1. The molecule has 1 aromatic heterocycles. The van der Waals surface area contributed by atoms with E-state index in [0.29, 0.717) is 5.95 Å². The molecular weight excluding hydrogens is 200 g/mol. The van der Waals surface area contributed by atoms with E-state index in [2.05, 4.69) is 21.9 Å². The van der Waals surface area contributed by atoms with E-state index in [1.54, 1.807) is 6.20 Å². The van der Waals surface area contributed by atoms with Gasteiger partial charge in [0.25, 0.3) is 0 Å². The number of rotatable bonds is 3. The molecule has 0 aromatic carbocycles. The summed E-state index contributed by atoms with van der Waals surface area (Å²) in [5.41, 5.74) is 5.58. The number of aromatic nitrogens is 2. The van der Waals surface area contributed by atoms with Crippen LogP contribution in [0.25, 0.3) is 0 Å². The van der Waals surface area contributed by atoms with Gasteiger partial charge in [-0.15, -0.1) is 0 Å². The fourth-order valence-electron chi connectivity index (χ4n) is 2.43. The van der Waals surface area contributed by atoms with Crippen LogP contribution in [0.5, 0.6) is 0 Å². The summed E-state index contributed by atoms with van der Waals surface area (Å²) in [6.45, 7) is 1.08. The lowest BCUT2D eigenvalue weighted by atomic mass is 9.89. The van der Waals surface area contributed by atoms with E-state index in [4.69, 9.17) is 5.73 Å². The van der Waals surface area contributed by atoms with Gasteiger partial charge in [-0.1, -0.05) is 19.3 Å². The summed E-state index contributed by atoms with van der Waals surface area (Å²) in [6.07, 6.45) is 8.58. The Kier molecular flexibility index (Phi) is 3.59. The highest BCUT2D eigenvalue weighted by Crippen LogP contribution is 2.25. The zero-order valence-corrected chi connectivity index (χ0v) is 9.89. The first kappa shape index (κ1) is 11.2. The van der Waals surface area contributed by atoms with Crippen LogP contribution in [0.1, 0.15) is 32.1 Å². The molecular formula is C12H20N4. The van der Waals surface area contributed by atoms with Crippen molar-refractivity contribution in [2.45, 2.75) is 32.1 Å². The SMILES string of the molecule is CN(CC1CCCCC1)c1ccnc(N)n1. The predicted octanol–water partition coefficient (Wildman–Crippen LogP) is 2.08. The highest BCUT2D eigenvalue weighted by molar-refractivity contribution is 5.39. The Morgan fingerprint density at radius 3 is 2.81 bits per heavy atom. The predicted molar refractivity (Wildman–Crippen MR) is 66.3 cm³/mol. The van der Waals surface area contributed by atoms with Crippen molar-refractivity contribution in [3.05, 3.63) is 12.3 Å². The Labute approximate surface area is 96.9 Å².